The van der Waals surface area contributed by atoms with Gasteiger partial charge in [0.1, 0.15) is 0 Å². The fourth-order valence-corrected chi connectivity index (χ4v) is 3.26. The Labute approximate surface area is 125 Å². The van der Waals surface area contributed by atoms with Crippen LogP contribution in [0.2, 0.25) is 0 Å². The normalized spacial score (nSPS) is 22.0. The molecule has 1 aliphatic rings. The molecular formula is C17H21N3O. The van der Waals surface area contributed by atoms with Crippen molar-refractivity contribution in [3.8, 4) is 0 Å². The van der Waals surface area contributed by atoms with E-state index in [0.29, 0.717) is 12.5 Å². The average Bonchev–Trinajstić information content (AvgIpc) is 2.86. The number of nitrogens with two attached hydrogens (primary N) is 1. The fourth-order valence-electron chi connectivity index (χ4n) is 3.26. The molecule has 0 bridgehead atoms. The van der Waals surface area contributed by atoms with Crippen LogP contribution in [0.25, 0.3) is 10.9 Å². The average molecular weight is 283 g/mol. The second-order valence-electron chi connectivity index (χ2n) is 5.90. The molecule has 2 heterocycles. The van der Waals surface area contributed by atoms with Gasteiger partial charge in [-0.2, -0.15) is 0 Å². The van der Waals surface area contributed by atoms with E-state index in [4.69, 9.17) is 5.73 Å². The maximum absolute atomic E-state index is 13.0. The molecule has 0 aliphatic carbocycles. The molecule has 4 nitrogen and oxygen atoms in total. The molecule has 1 aromatic carbocycles. The molecule has 4 heteroatoms. The van der Waals surface area contributed by atoms with Crippen molar-refractivity contribution in [3.05, 3.63) is 41.6 Å². The Hall–Kier alpha value is -1.94. The number of nitrogens with zero attached hydrogens (tertiary/aromatic N) is 2. The number of aryl methyl sites for hydroxylation is 1. The second-order valence-corrected chi connectivity index (χ2v) is 5.90. The van der Waals surface area contributed by atoms with Crippen LogP contribution in [0.3, 0.4) is 0 Å². The van der Waals surface area contributed by atoms with Crippen LogP contribution >= 0.6 is 0 Å². The molecule has 110 valence electrons. The minimum absolute atomic E-state index is 0.0801. The van der Waals surface area contributed by atoms with Gasteiger partial charge in [-0.05, 0) is 31.4 Å². The van der Waals surface area contributed by atoms with Crippen molar-refractivity contribution in [3.63, 3.8) is 0 Å². The van der Waals surface area contributed by atoms with Crippen LogP contribution in [0, 0.1) is 12.8 Å². The van der Waals surface area contributed by atoms with Crippen molar-refractivity contribution in [2.24, 2.45) is 11.7 Å². The Morgan fingerprint density at radius 3 is 2.95 bits per heavy atom. The molecule has 0 spiro atoms. The first kappa shape index (κ1) is 14.0. The first-order valence-corrected chi connectivity index (χ1v) is 7.49. The van der Waals surface area contributed by atoms with Crippen LogP contribution in [-0.4, -0.2) is 34.9 Å². The number of benzene rings is 1. The minimum Gasteiger partial charge on any atom is -0.334 e. The van der Waals surface area contributed by atoms with Crippen LogP contribution in [0.1, 0.15) is 29.4 Å². The number of amides is 1. The smallest absolute Gasteiger partial charge is 0.254 e. The van der Waals surface area contributed by atoms with Gasteiger partial charge in [-0.1, -0.05) is 25.1 Å². The molecule has 0 saturated carbocycles. The molecule has 1 amide bonds. The molecule has 1 fully saturated rings. The lowest BCUT2D eigenvalue weighted by atomic mass is 10.0. The SMILES string of the molecule is Cc1cc(C(=O)N2CCC(C)C2CN)c2ccccc2n1. The van der Waals surface area contributed by atoms with Crippen molar-refractivity contribution in [1.82, 2.24) is 9.88 Å². The third-order valence-corrected chi connectivity index (χ3v) is 4.46. The molecule has 1 aliphatic heterocycles. The highest BCUT2D eigenvalue weighted by Gasteiger charge is 2.34. The summed E-state index contributed by atoms with van der Waals surface area (Å²) in [6, 6.07) is 9.84. The van der Waals surface area contributed by atoms with Crippen molar-refractivity contribution in [2.75, 3.05) is 13.1 Å². The van der Waals surface area contributed by atoms with Gasteiger partial charge in [-0.25, -0.2) is 0 Å². The lowest BCUT2D eigenvalue weighted by Crippen LogP contribution is -2.42. The lowest BCUT2D eigenvalue weighted by Gasteiger charge is -2.26. The molecule has 3 rings (SSSR count). The van der Waals surface area contributed by atoms with E-state index in [9.17, 15) is 4.79 Å². The van der Waals surface area contributed by atoms with E-state index >= 15 is 0 Å². The molecule has 2 aromatic rings. The summed E-state index contributed by atoms with van der Waals surface area (Å²) in [6.07, 6.45) is 1.02. The number of aromatic nitrogens is 1. The molecular weight excluding hydrogens is 262 g/mol. The topological polar surface area (TPSA) is 59.2 Å². The zero-order chi connectivity index (χ0) is 15.0. The van der Waals surface area contributed by atoms with Gasteiger partial charge < -0.3 is 10.6 Å². The summed E-state index contributed by atoms with van der Waals surface area (Å²) in [5.41, 5.74) is 8.35. The van der Waals surface area contributed by atoms with Gasteiger partial charge >= 0.3 is 0 Å². The Balaban J connectivity index is 2.06. The number of likely N-dealkylation sites (tertiary alicyclic amines) is 1. The van der Waals surface area contributed by atoms with Crippen LogP contribution in [-0.2, 0) is 0 Å². The van der Waals surface area contributed by atoms with Crippen LogP contribution in [0.4, 0.5) is 0 Å². The number of para-hydroxylation sites is 1. The zero-order valence-corrected chi connectivity index (χ0v) is 12.5. The number of hydrogen-bond acceptors (Lipinski definition) is 3. The highest BCUT2D eigenvalue weighted by atomic mass is 16.2. The van der Waals surface area contributed by atoms with E-state index in [-0.39, 0.29) is 11.9 Å². The molecule has 2 N–H and O–H groups in total. The quantitative estimate of drug-likeness (QED) is 0.920. The van der Waals surface area contributed by atoms with Gasteiger partial charge in [0.05, 0.1) is 11.1 Å². The van der Waals surface area contributed by atoms with Crippen molar-refractivity contribution < 1.29 is 4.79 Å². The van der Waals surface area contributed by atoms with E-state index < -0.39 is 0 Å². The van der Waals surface area contributed by atoms with Crippen LogP contribution < -0.4 is 5.73 Å². The van der Waals surface area contributed by atoms with E-state index in [0.717, 1.165) is 35.1 Å². The monoisotopic (exact) mass is 283 g/mol. The van der Waals surface area contributed by atoms with Gasteiger partial charge in [0.2, 0.25) is 0 Å². The van der Waals surface area contributed by atoms with Crippen molar-refractivity contribution >= 4 is 16.8 Å². The summed E-state index contributed by atoms with van der Waals surface area (Å²) in [5.74, 6) is 0.546. The zero-order valence-electron chi connectivity index (χ0n) is 12.5. The summed E-state index contributed by atoms with van der Waals surface area (Å²) in [5, 5.41) is 0.920. The fraction of sp³-hybridized carbons (Fsp3) is 0.412. The number of hydrogen-bond donors (Lipinski definition) is 1. The van der Waals surface area contributed by atoms with Gasteiger partial charge in [0.25, 0.3) is 5.91 Å². The highest BCUT2D eigenvalue weighted by Crippen LogP contribution is 2.27. The Morgan fingerprint density at radius 1 is 1.43 bits per heavy atom. The Kier molecular flexibility index (Phi) is 3.64. The predicted molar refractivity (Wildman–Crippen MR) is 84.1 cm³/mol. The summed E-state index contributed by atoms with van der Waals surface area (Å²) in [7, 11) is 0. The number of rotatable bonds is 2. The molecule has 21 heavy (non-hydrogen) atoms. The third-order valence-electron chi connectivity index (χ3n) is 4.46. The third kappa shape index (κ3) is 2.40. The van der Waals surface area contributed by atoms with E-state index in [1.165, 1.54) is 0 Å². The largest absolute Gasteiger partial charge is 0.334 e. The molecule has 2 atom stereocenters. The first-order chi connectivity index (χ1) is 10.1. The summed E-state index contributed by atoms with van der Waals surface area (Å²) in [4.78, 5) is 19.4. The lowest BCUT2D eigenvalue weighted by molar-refractivity contribution is 0.0729. The molecule has 0 radical (unpaired) electrons. The van der Waals surface area contributed by atoms with Gasteiger partial charge in [0.15, 0.2) is 0 Å². The van der Waals surface area contributed by atoms with E-state index in [1.54, 1.807) is 0 Å². The Morgan fingerprint density at radius 2 is 2.19 bits per heavy atom. The van der Waals surface area contributed by atoms with Crippen molar-refractivity contribution in [2.45, 2.75) is 26.3 Å². The second kappa shape index (κ2) is 5.45. The molecule has 2 unspecified atom stereocenters. The Bertz CT molecular complexity index is 683. The van der Waals surface area contributed by atoms with Crippen molar-refractivity contribution in [1.29, 1.82) is 0 Å². The minimum atomic E-state index is 0.0801. The van der Waals surface area contributed by atoms with Gasteiger partial charge in [-0.3, -0.25) is 9.78 Å². The van der Waals surface area contributed by atoms with E-state index in [1.807, 2.05) is 42.2 Å². The maximum atomic E-state index is 13.0. The summed E-state index contributed by atoms with van der Waals surface area (Å²) in [6.45, 7) is 5.41. The number of pyridine rings is 1. The van der Waals surface area contributed by atoms with Crippen LogP contribution in [0.5, 0.6) is 0 Å². The summed E-state index contributed by atoms with van der Waals surface area (Å²) < 4.78 is 0. The highest BCUT2D eigenvalue weighted by molar-refractivity contribution is 6.06. The number of carbonyl (C=O) groups is 1. The van der Waals surface area contributed by atoms with E-state index in [2.05, 4.69) is 11.9 Å². The summed E-state index contributed by atoms with van der Waals surface area (Å²) >= 11 is 0. The first-order valence-electron chi connectivity index (χ1n) is 7.49. The molecule has 1 aromatic heterocycles. The maximum Gasteiger partial charge on any atom is 0.254 e. The van der Waals surface area contributed by atoms with Crippen LogP contribution in [0.15, 0.2) is 30.3 Å². The standard InChI is InChI=1S/C17H21N3O/c1-11-7-8-20(16(11)10-18)17(21)14-9-12(2)19-15-6-4-3-5-13(14)15/h3-6,9,11,16H,7-8,10,18H2,1-2H3. The van der Waals surface area contributed by atoms with Gasteiger partial charge in [-0.15, -0.1) is 0 Å². The van der Waals surface area contributed by atoms with Gasteiger partial charge in [0, 0.05) is 30.2 Å². The number of fused-ring (bicyclic) bond motifs is 1. The predicted octanol–water partition coefficient (Wildman–Crippen LogP) is 2.35. The number of carbonyl (C=O) groups excluding carboxylic acids is 1. The molecule has 1 saturated heterocycles.